The molecule has 5 heteroatoms. The summed E-state index contributed by atoms with van der Waals surface area (Å²) in [7, 11) is 0. The summed E-state index contributed by atoms with van der Waals surface area (Å²) < 4.78 is 37.6. The predicted molar refractivity (Wildman–Crippen MR) is 71.8 cm³/mol. The molecular formula is C15H13F3N2. The Labute approximate surface area is 114 Å². The number of halogens is 3. The molecule has 0 saturated heterocycles. The Morgan fingerprint density at radius 3 is 2.40 bits per heavy atom. The lowest BCUT2D eigenvalue weighted by Gasteiger charge is -2.27. The molecule has 0 amide bonds. The minimum atomic E-state index is -4.30. The zero-order valence-electron chi connectivity index (χ0n) is 10.8. The Morgan fingerprint density at radius 2 is 1.80 bits per heavy atom. The van der Waals surface area contributed by atoms with Crippen molar-refractivity contribution in [1.29, 1.82) is 0 Å². The second-order valence-electron chi connectivity index (χ2n) is 5.03. The van der Waals surface area contributed by atoms with E-state index in [0.29, 0.717) is 5.69 Å². The van der Waals surface area contributed by atoms with Gasteiger partial charge in [-0.05, 0) is 36.8 Å². The lowest BCUT2D eigenvalue weighted by molar-refractivity contribution is -0.137. The third kappa shape index (κ3) is 2.14. The summed E-state index contributed by atoms with van der Waals surface area (Å²) in [6.07, 6.45) is 5.47. The van der Waals surface area contributed by atoms with Crippen LogP contribution in [0.25, 0.3) is 0 Å². The van der Waals surface area contributed by atoms with Crippen molar-refractivity contribution in [3.8, 4) is 0 Å². The van der Waals surface area contributed by atoms with Gasteiger partial charge in [-0.3, -0.25) is 5.01 Å². The zero-order chi connectivity index (χ0) is 14.4. The van der Waals surface area contributed by atoms with Crippen LogP contribution in [0, 0.1) is 0 Å². The fraction of sp³-hybridized carbons (Fsp3) is 0.200. The highest BCUT2D eigenvalue weighted by molar-refractivity contribution is 5.57. The third-order valence-corrected chi connectivity index (χ3v) is 3.51. The zero-order valence-corrected chi connectivity index (χ0v) is 10.8. The van der Waals surface area contributed by atoms with Gasteiger partial charge in [0.05, 0.1) is 16.8 Å². The maximum atomic E-state index is 12.5. The van der Waals surface area contributed by atoms with Crippen molar-refractivity contribution in [2.75, 3.05) is 5.01 Å². The van der Waals surface area contributed by atoms with Gasteiger partial charge in [0.25, 0.3) is 0 Å². The van der Waals surface area contributed by atoms with Gasteiger partial charge in [-0.2, -0.15) is 13.2 Å². The van der Waals surface area contributed by atoms with Crippen molar-refractivity contribution in [3.63, 3.8) is 0 Å². The molecule has 3 rings (SSSR count). The highest BCUT2D eigenvalue weighted by Crippen LogP contribution is 2.34. The molecule has 1 unspecified atom stereocenters. The van der Waals surface area contributed by atoms with Crippen molar-refractivity contribution >= 4 is 5.69 Å². The van der Waals surface area contributed by atoms with E-state index < -0.39 is 11.7 Å². The summed E-state index contributed by atoms with van der Waals surface area (Å²) >= 11 is 0. The average molecular weight is 278 g/mol. The first-order valence-electron chi connectivity index (χ1n) is 6.21. The molecule has 0 fully saturated rings. The number of nitrogens with one attached hydrogen (secondary N) is 1. The van der Waals surface area contributed by atoms with E-state index in [1.165, 1.54) is 12.1 Å². The number of benzene rings is 1. The average Bonchev–Trinajstić information content (AvgIpc) is 2.75. The number of hydrogen-bond acceptors (Lipinski definition) is 2. The number of anilines is 1. The summed E-state index contributed by atoms with van der Waals surface area (Å²) in [4.78, 5) is 0. The Bertz CT molecular complexity index is 611. The maximum Gasteiger partial charge on any atom is 0.416 e. The molecule has 2 nitrogen and oxygen atoms in total. The molecule has 0 aromatic heterocycles. The minimum Gasteiger partial charge on any atom is -0.283 e. The molecule has 1 atom stereocenters. The van der Waals surface area contributed by atoms with E-state index in [1.54, 1.807) is 5.01 Å². The van der Waals surface area contributed by atoms with Crippen LogP contribution in [0.5, 0.6) is 0 Å². The van der Waals surface area contributed by atoms with Crippen LogP contribution in [0.3, 0.4) is 0 Å². The smallest absolute Gasteiger partial charge is 0.283 e. The summed E-state index contributed by atoms with van der Waals surface area (Å²) in [5.41, 5.74) is 4.05. The Kier molecular flexibility index (Phi) is 2.76. The van der Waals surface area contributed by atoms with E-state index in [0.717, 1.165) is 17.7 Å². The first kappa shape index (κ1) is 13.0. The number of hydrogen-bond donors (Lipinski definition) is 1. The monoisotopic (exact) mass is 278 g/mol. The van der Waals surface area contributed by atoms with E-state index in [4.69, 9.17) is 0 Å². The van der Waals surface area contributed by atoms with Gasteiger partial charge in [0, 0.05) is 6.20 Å². The molecule has 1 aromatic rings. The number of alkyl halides is 3. The fourth-order valence-corrected chi connectivity index (χ4v) is 2.33. The SMILES string of the molecule is CC12C=CC=CC1=CN(c1ccc(C(F)(F)F)cc1)N2. The molecule has 1 aliphatic carbocycles. The van der Waals surface area contributed by atoms with Crippen LogP contribution in [0.1, 0.15) is 12.5 Å². The largest absolute Gasteiger partial charge is 0.416 e. The maximum absolute atomic E-state index is 12.5. The van der Waals surface area contributed by atoms with Gasteiger partial charge in [-0.25, -0.2) is 5.43 Å². The standard InChI is InChI=1S/C15H13F3N2/c1-14-9-3-2-4-12(14)10-20(19-14)13-7-5-11(6-8-13)15(16,17)18/h2-10,19H,1H3. The fourth-order valence-electron chi connectivity index (χ4n) is 2.33. The molecule has 104 valence electrons. The van der Waals surface area contributed by atoms with Crippen LogP contribution in [0.15, 0.2) is 60.3 Å². The van der Waals surface area contributed by atoms with Crippen molar-refractivity contribution in [2.24, 2.45) is 0 Å². The van der Waals surface area contributed by atoms with Crippen LogP contribution in [-0.4, -0.2) is 5.54 Å². The minimum absolute atomic E-state index is 0.308. The second-order valence-corrected chi connectivity index (χ2v) is 5.03. The quantitative estimate of drug-likeness (QED) is 0.840. The van der Waals surface area contributed by atoms with E-state index in [1.807, 2.05) is 37.4 Å². The third-order valence-electron chi connectivity index (χ3n) is 3.51. The Morgan fingerprint density at radius 1 is 1.10 bits per heavy atom. The van der Waals surface area contributed by atoms with Gasteiger partial charge in [-0.1, -0.05) is 24.3 Å². The van der Waals surface area contributed by atoms with Crippen LogP contribution < -0.4 is 10.4 Å². The van der Waals surface area contributed by atoms with Crippen molar-refractivity contribution in [1.82, 2.24) is 5.43 Å². The lowest BCUT2D eigenvalue weighted by Crippen LogP contribution is -2.44. The highest BCUT2D eigenvalue weighted by Gasteiger charge is 2.34. The number of rotatable bonds is 1. The van der Waals surface area contributed by atoms with Crippen molar-refractivity contribution < 1.29 is 13.2 Å². The predicted octanol–water partition coefficient (Wildman–Crippen LogP) is 3.80. The van der Waals surface area contributed by atoms with Gasteiger partial charge in [0.2, 0.25) is 0 Å². The summed E-state index contributed by atoms with van der Waals surface area (Å²) in [6, 6.07) is 5.10. The van der Waals surface area contributed by atoms with E-state index >= 15 is 0 Å². The molecular weight excluding hydrogens is 265 g/mol. The number of fused-ring (bicyclic) bond motifs is 1. The molecule has 20 heavy (non-hydrogen) atoms. The molecule has 0 saturated carbocycles. The van der Waals surface area contributed by atoms with Crippen LogP contribution >= 0.6 is 0 Å². The first-order chi connectivity index (χ1) is 9.38. The molecule has 0 spiro atoms. The van der Waals surface area contributed by atoms with Gasteiger partial charge in [0.1, 0.15) is 0 Å². The number of hydrazine groups is 1. The number of nitrogens with zero attached hydrogens (tertiary/aromatic N) is 1. The molecule has 0 bridgehead atoms. The van der Waals surface area contributed by atoms with Gasteiger partial charge >= 0.3 is 6.18 Å². The van der Waals surface area contributed by atoms with Crippen LogP contribution in [0.2, 0.25) is 0 Å². The van der Waals surface area contributed by atoms with Crippen LogP contribution in [0.4, 0.5) is 18.9 Å². The van der Waals surface area contributed by atoms with E-state index in [2.05, 4.69) is 5.43 Å². The molecule has 1 aromatic carbocycles. The normalized spacial score (nSPS) is 24.8. The summed E-state index contributed by atoms with van der Waals surface area (Å²) in [6.45, 7) is 2.02. The van der Waals surface area contributed by atoms with E-state index in [9.17, 15) is 13.2 Å². The Balaban J connectivity index is 1.87. The molecule has 1 heterocycles. The Hall–Kier alpha value is -2.01. The van der Waals surface area contributed by atoms with Crippen molar-refractivity contribution in [3.05, 3.63) is 65.9 Å². The number of allylic oxidation sites excluding steroid dienone is 2. The molecule has 1 N–H and O–H groups in total. The van der Waals surface area contributed by atoms with Gasteiger partial charge in [0.15, 0.2) is 0 Å². The van der Waals surface area contributed by atoms with Crippen LogP contribution in [-0.2, 0) is 6.18 Å². The van der Waals surface area contributed by atoms with Gasteiger partial charge in [-0.15, -0.1) is 0 Å². The second kappa shape index (κ2) is 4.24. The summed E-state index contributed by atoms with van der Waals surface area (Å²) in [5, 5.41) is 1.75. The topological polar surface area (TPSA) is 15.3 Å². The lowest BCUT2D eigenvalue weighted by atomic mass is 9.90. The summed E-state index contributed by atoms with van der Waals surface area (Å²) in [5.74, 6) is 0. The van der Waals surface area contributed by atoms with Crippen molar-refractivity contribution in [2.45, 2.75) is 18.6 Å². The van der Waals surface area contributed by atoms with Gasteiger partial charge < -0.3 is 0 Å². The molecule has 1 aliphatic heterocycles. The molecule has 0 radical (unpaired) electrons. The molecule has 2 aliphatic rings. The highest BCUT2D eigenvalue weighted by atomic mass is 19.4. The first-order valence-corrected chi connectivity index (χ1v) is 6.21. The van der Waals surface area contributed by atoms with E-state index in [-0.39, 0.29) is 5.54 Å².